The Morgan fingerprint density at radius 3 is 2.50 bits per heavy atom. The molecular formula is C22H20ClN3. The van der Waals surface area contributed by atoms with Crippen molar-refractivity contribution < 1.29 is 0 Å². The molecular weight excluding hydrogens is 342 g/mol. The fraction of sp³-hybridized carbons (Fsp3) is 0.273. The lowest BCUT2D eigenvalue weighted by Crippen LogP contribution is -2.28. The molecule has 0 radical (unpaired) electrons. The van der Waals surface area contributed by atoms with E-state index in [9.17, 15) is 0 Å². The first-order valence-electron chi connectivity index (χ1n) is 9.26. The van der Waals surface area contributed by atoms with E-state index in [4.69, 9.17) is 16.6 Å². The van der Waals surface area contributed by atoms with Crippen LogP contribution in [0.15, 0.2) is 54.7 Å². The number of anilines is 1. The highest BCUT2D eigenvalue weighted by Crippen LogP contribution is 2.43. The number of nitrogens with zero attached hydrogens (tertiary/aromatic N) is 2. The van der Waals surface area contributed by atoms with Gasteiger partial charge in [0.25, 0.3) is 0 Å². The van der Waals surface area contributed by atoms with Crippen molar-refractivity contribution in [2.24, 2.45) is 0 Å². The molecule has 4 heteroatoms. The Morgan fingerprint density at radius 1 is 0.962 bits per heavy atom. The summed E-state index contributed by atoms with van der Waals surface area (Å²) in [4.78, 5) is 9.45. The van der Waals surface area contributed by atoms with E-state index in [-0.39, 0.29) is 5.92 Å². The number of fused-ring (bicyclic) bond motifs is 3. The van der Waals surface area contributed by atoms with Gasteiger partial charge in [0.05, 0.1) is 5.69 Å². The van der Waals surface area contributed by atoms with Crippen molar-refractivity contribution in [2.75, 3.05) is 5.32 Å². The molecule has 1 saturated carbocycles. The quantitative estimate of drug-likeness (QED) is 0.674. The van der Waals surface area contributed by atoms with Gasteiger partial charge in [-0.2, -0.15) is 0 Å². The Morgan fingerprint density at radius 2 is 1.73 bits per heavy atom. The summed E-state index contributed by atoms with van der Waals surface area (Å²) >= 11 is 6.51. The van der Waals surface area contributed by atoms with Crippen LogP contribution in [0.1, 0.15) is 41.9 Å². The summed E-state index contributed by atoms with van der Waals surface area (Å²) in [5.74, 6) is 0.987. The van der Waals surface area contributed by atoms with E-state index in [1.54, 1.807) is 0 Å². The molecule has 1 N–H and O–H groups in total. The molecule has 1 fully saturated rings. The van der Waals surface area contributed by atoms with Crippen molar-refractivity contribution in [3.63, 3.8) is 0 Å². The molecule has 1 unspecified atom stereocenters. The van der Waals surface area contributed by atoms with E-state index in [1.807, 2.05) is 18.3 Å². The first-order valence-corrected chi connectivity index (χ1v) is 9.63. The number of rotatable bonds is 3. The Labute approximate surface area is 158 Å². The van der Waals surface area contributed by atoms with Crippen LogP contribution in [0, 0.1) is 0 Å². The van der Waals surface area contributed by atoms with E-state index in [0.29, 0.717) is 6.04 Å². The van der Waals surface area contributed by atoms with Crippen LogP contribution in [-0.4, -0.2) is 16.0 Å². The second kappa shape index (κ2) is 6.40. The first kappa shape index (κ1) is 15.8. The van der Waals surface area contributed by atoms with E-state index in [2.05, 4.69) is 46.7 Å². The van der Waals surface area contributed by atoms with Crippen molar-refractivity contribution in [3.8, 4) is 11.3 Å². The molecule has 1 atom stereocenters. The zero-order valence-electron chi connectivity index (χ0n) is 14.5. The fourth-order valence-electron chi connectivity index (χ4n) is 3.98. The van der Waals surface area contributed by atoms with Gasteiger partial charge in [-0.15, -0.1) is 0 Å². The number of halogens is 1. The van der Waals surface area contributed by atoms with Crippen LogP contribution in [0.5, 0.6) is 0 Å². The molecule has 0 amide bonds. The average molecular weight is 362 g/mol. The van der Waals surface area contributed by atoms with Crippen LogP contribution in [0.4, 0.5) is 5.95 Å². The Hall–Kier alpha value is -2.39. The first-order chi connectivity index (χ1) is 12.8. The fourth-order valence-corrected chi connectivity index (χ4v) is 4.24. The maximum absolute atomic E-state index is 6.51. The van der Waals surface area contributed by atoms with Gasteiger partial charge in [-0.25, -0.2) is 9.97 Å². The third-order valence-corrected chi connectivity index (χ3v) is 5.94. The zero-order valence-corrected chi connectivity index (χ0v) is 15.2. The van der Waals surface area contributed by atoms with Crippen molar-refractivity contribution >= 4 is 17.5 Å². The second-order valence-electron chi connectivity index (χ2n) is 7.21. The van der Waals surface area contributed by atoms with Crippen molar-refractivity contribution in [2.45, 2.75) is 37.6 Å². The molecule has 0 spiro atoms. The van der Waals surface area contributed by atoms with E-state index in [0.717, 1.165) is 23.1 Å². The minimum atomic E-state index is 0.237. The van der Waals surface area contributed by atoms with Crippen LogP contribution in [0.3, 0.4) is 0 Å². The third-order valence-electron chi connectivity index (χ3n) is 5.60. The number of nitrogens with one attached hydrogen (secondary N) is 1. The van der Waals surface area contributed by atoms with E-state index >= 15 is 0 Å². The largest absolute Gasteiger partial charge is 0.351 e. The molecule has 5 rings (SSSR count). The maximum atomic E-state index is 6.51. The summed E-state index contributed by atoms with van der Waals surface area (Å²) in [6, 6.07) is 17.2. The molecule has 0 aliphatic heterocycles. The molecule has 1 heterocycles. The summed E-state index contributed by atoms with van der Waals surface area (Å²) in [5, 5.41) is 4.29. The van der Waals surface area contributed by atoms with Crippen molar-refractivity contribution in [1.29, 1.82) is 0 Å². The van der Waals surface area contributed by atoms with Gasteiger partial charge in [-0.1, -0.05) is 54.1 Å². The molecule has 1 aromatic heterocycles. The summed E-state index contributed by atoms with van der Waals surface area (Å²) in [7, 11) is 0. The maximum Gasteiger partial charge on any atom is 0.223 e. The molecule has 26 heavy (non-hydrogen) atoms. The summed E-state index contributed by atoms with van der Waals surface area (Å²) < 4.78 is 0. The van der Waals surface area contributed by atoms with Crippen LogP contribution >= 0.6 is 11.6 Å². The summed E-state index contributed by atoms with van der Waals surface area (Å²) in [6.07, 6.45) is 6.59. The van der Waals surface area contributed by atoms with Crippen LogP contribution in [0.2, 0.25) is 5.02 Å². The average Bonchev–Trinajstić information content (AvgIpc) is 2.65. The van der Waals surface area contributed by atoms with Gasteiger partial charge in [0.2, 0.25) is 5.95 Å². The lowest BCUT2D eigenvalue weighted by atomic mass is 9.78. The number of hydrogen-bond donors (Lipinski definition) is 1. The van der Waals surface area contributed by atoms with Crippen LogP contribution in [0.25, 0.3) is 11.3 Å². The smallest absolute Gasteiger partial charge is 0.223 e. The highest BCUT2D eigenvalue weighted by Gasteiger charge is 2.29. The minimum Gasteiger partial charge on any atom is -0.351 e. The van der Waals surface area contributed by atoms with Gasteiger partial charge in [0.1, 0.15) is 0 Å². The highest BCUT2D eigenvalue weighted by atomic mass is 35.5. The van der Waals surface area contributed by atoms with Gasteiger partial charge in [0.15, 0.2) is 0 Å². The Balaban J connectivity index is 1.59. The number of benzene rings is 2. The lowest BCUT2D eigenvalue weighted by molar-refractivity contribution is 0.443. The Kier molecular flexibility index (Phi) is 3.90. The van der Waals surface area contributed by atoms with Crippen LogP contribution in [-0.2, 0) is 6.42 Å². The van der Waals surface area contributed by atoms with E-state index < -0.39 is 0 Å². The van der Waals surface area contributed by atoms with Crippen molar-refractivity contribution in [3.05, 3.63) is 76.4 Å². The SMILES string of the molecule is Clc1ccccc1C1Cc2cnc(NC3CCC3)nc2-c2ccccc21. The molecule has 3 aromatic rings. The molecule has 2 aromatic carbocycles. The van der Waals surface area contributed by atoms with Gasteiger partial charge >= 0.3 is 0 Å². The summed E-state index contributed by atoms with van der Waals surface area (Å²) in [5.41, 5.74) is 5.90. The Bertz CT molecular complexity index is 965. The standard InChI is InChI=1S/C22H20ClN3/c23-20-11-4-3-9-17(20)19-12-14-13-24-22(25-15-6-5-7-15)26-21(14)18-10-2-1-8-16(18)19/h1-4,8-11,13,15,19H,5-7,12H2,(H,24,25,26). The molecule has 2 aliphatic carbocycles. The normalized spacial score (nSPS) is 18.6. The minimum absolute atomic E-state index is 0.237. The van der Waals surface area contributed by atoms with Gasteiger partial charge in [-0.3, -0.25) is 0 Å². The topological polar surface area (TPSA) is 37.8 Å². The molecule has 3 nitrogen and oxygen atoms in total. The molecule has 0 saturated heterocycles. The van der Waals surface area contributed by atoms with Gasteiger partial charge in [0, 0.05) is 28.7 Å². The molecule has 2 aliphatic rings. The number of aromatic nitrogens is 2. The predicted octanol–water partition coefficient (Wildman–Crippen LogP) is 5.45. The highest BCUT2D eigenvalue weighted by molar-refractivity contribution is 6.31. The predicted molar refractivity (Wildman–Crippen MR) is 106 cm³/mol. The monoisotopic (exact) mass is 361 g/mol. The van der Waals surface area contributed by atoms with Crippen molar-refractivity contribution in [1.82, 2.24) is 9.97 Å². The molecule has 130 valence electrons. The third kappa shape index (κ3) is 2.67. The zero-order chi connectivity index (χ0) is 17.5. The van der Waals surface area contributed by atoms with Crippen LogP contribution < -0.4 is 5.32 Å². The summed E-state index contributed by atoms with van der Waals surface area (Å²) in [6.45, 7) is 0. The van der Waals surface area contributed by atoms with Gasteiger partial charge < -0.3 is 5.32 Å². The number of hydrogen-bond acceptors (Lipinski definition) is 3. The van der Waals surface area contributed by atoms with Gasteiger partial charge in [-0.05, 0) is 48.4 Å². The molecule has 0 bridgehead atoms. The second-order valence-corrected chi connectivity index (χ2v) is 7.61. The lowest BCUT2D eigenvalue weighted by Gasteiger charge is -2.29. The van der Waals surface area contributed by atoms with E-state index in [1.165, 1.54) is 41.5 Å².